The molecular formula is C25H26F8N6O3. The van der Waals surface area contributed by atoms with Crippen LogP contribution in [0.15, 0.2) is 16.8 Å². The number of carbonyl (C=O) groups is 2. The second kappa shape index (κ2) is 11.8. The molecule has 1 aliphatic carbocycles. The first-order valence-corrected chi connectivity index (χ1v) is 12.9. The molecule has 1 unspecified atom stereocenters. The van der Waals surface area contributed by atoms with Gasteiger partial charge in [0.05, 0.1) is 17.5 Å². The monoisotopic (exact) mass is 610 g/mol. The van der Waals surface area contributed by atoms with Crippen LogP contribution in [0.25, 0.3) is 11.0 Å². The van der Waals surface area contributed by atoms with Crippen LogP contribution in [-0.2, 0) is 4.79 Å². The fraction of sp³-hybridized carbons (Fsp3) is 0.560. The fourth-order valence-corrected chi connectivity index (χ4v) is 4.89. The number of aromatic nitrogens is 4. The summed E-state index contributed by atoms with van der Waals surface area (Å²) in [7, 11) is 0. The molecule has 1 fully saturated rings. The number of hydrogen-bond acceptors (Lipinski definition) is 6. The average molecular weight is 611 g/mol. The van der Waals surface area contributed by atoms with Gasteiger partial charge in [0.25, 0.3) is 5.91 Å². The van der Waals surface area contributed by atoms with E-state index >= 15 is 4.39 Å². The Morgan fingerprint density at radius 2 is 1.81 bits per heavy atom. The van der Waals surface area contributed by atoms with Gasteiger partial charge in [-0.05, 0) is 43.8 Å². The zero-order valence-corrected chi connectivity index (χ0v) is 22.2. The number of nitrogens with zero attached hydrogens (tertiary/aromatic N) is 3. The number of amides is 2. The van der Waals surface area contributed by atoms with Crippen molar-refractivity contribution in [2.75, 3.05) is 0 Å². The van der Waals surface area contributed by atoms with Gasteiger partial charge >= 0.3 is 6.18 Å². The number of hydrogen-bond donors (Lipinski definition) is 3. The van der Waals surface area contributed by atoms with E-state index in [-0.39, 0.29) is 35.6 Å². The Morgan fingerprint density at radius 3 is 2.38 bits per heavy atom. The number of H-pyrrole nitrogens is 1. The molecule has 3 atom stereocenters. The maximum atomic E-state index is 15.7. The number of nitrogens with one attached hydrogen (secondary N) is 3. The summed E-state index contributed by atoms with van der Waals surface area (Å²) in [6.07, 6.45) is -10.3. The minimum atomic E-state index is -4.87. The molecule has 1 aliphatic rings. The Balaban J connectivity index is 1.70. The minimum absolute atomic E-state index is 0.00536. The van der Waals surface area contributed by atoms with Gasteiger partial charge in [-0.15, -0.1) is 0 Å². The van der Waals surface area contributed by atoms with E-state index < -0.39 is 90.4 Å². The first kappa shape index (κ1) is 31.2. The topological polar surface area (TPSA) is 126 Å². The number of aromatic amines is 1. The SMILES string of the molecule is Cc1nonc1C(=O)N[C@H](c1nc2c(F)c(C(CC(F)F)C(=O)N[C@H](C)C(F)(F)F)ccc2[nH]1)C1CCC(F)(F)CC1. The van der Waals surface area contributed by atoms with Crippen molar-refractivity contribution in [3.8, 4) is 0 Å². The summed E-state index contributed by atoms with van der Waals surface area (Å²) in [5, 5.41) is 11.3. The van der Waals surface area contributed by atoms with Gasteiger partial charge in [0, 0.05) is 24.8 Å². The second-order valence-corrected chi connectivity index (χ2v) is 10.3. The Hall–Kier alpha value is -3.79. The van der Waals surface area contributed by atoms with Gasteiger partial charge in [0.2, 0.25) is 18.3 Å². The maximum Gasteiger partial charge on any atom is 0.408 e. The van der Waals surface area contributed by atoms with E-state index in [0.717, 1.165) is 6.07 Å². The summed E-state index contributed by atoms with van der Waals surface area (Å²) in [6, 6.07) is -1.27. The number of alkyl halides is 7. The molecule has 0 radical (unpaired) electrons. The van der Waals surface area contributed by atoms with Crippen molar-refractivity contribution < 1.29 is 49.3 Å². The van der Waals surface area contributed by atoms with Crippen molar-refractivity contribution in [1.29, 1.82) is 0 Å². The lowest BCUT2D eigenvalue weighted by Crippen LogP contribution is -2.45. The highest BCUT2D eigenvalue weighted by atomic mass is 19.4. The van der Waals surface area contributed by atoms with Crippen molar-refractivity contribution in [3.05, 3.63) is 40.7 Å². The molecule has 1 saturated carbocycles. The van der Waals surface area contributed by atoms with Crippen LogP contribution in [0.1, 0.15) is 78.6 Å². The lowest BCUT2D eigenvalue weighted by atomic mass is 9.81. The molecule has 3 N–H and O–H groups in total. The van der Waals surface area contributed by atoms with Crippen LogP contribution in [0.2, 0.25) is 0 Å². The molecule has 230 valence electrons. The number of halogens is 8. The number of fused-ring (bicyclic) bond motifs is 1. The molecule has 17 heteroatoms. The van der Waals surface area contributed by atoms with E-state index in [2.05, 4.69) is 30.2 Å². The van der Waals surface area contributed by atoms with Crippen molar-refractivity contribution in [3.63, 3.8) is 0 Å². The lowest BCUT2D eigenvalue weighted by Gasteiger charge is -2.33. The first-order valence-electron chi connectivity index (χ1n) is 12.9. The zero-order chi connectivity index (χ0) is 31.0. The van der Waals surface area contributed by atoms with E-state index in [1.807, 2.05) is 0 Å². The lowest BCUT2D eigenvalue weighted by molar-refractivity contribution is -0.158. The summed E-state index contributed by atoms with van der Waals surface area (Å²) >= 11 is 0. The fourth-order valence-electron chi connectivity index (χ4n) is 4.89. The Labute approximate surface area is 232 Å². The summed E-state index contributed by atoms with van der Waals surface area (Å²) in [4.78, 5) is 32.5. The van der Waals surface area contributed by atoms with Gasteiger partial charge in [0.15, 0.2) is 11.5 Å². The molecule has 0 saturated heterocycles. The minimum Gasteiger partial charge on any atom is -0.344 e. The number of benzene rings is 1. The van der Waals surface area contributed by atoms with Crippen LogP contribution in [-0.4, -0.2) is 56.7 Å². The molecule has 0 bridgehead atoms. The van der Waals surface area contributed by atoms with Crippen LogP contribution in [0.4, 0.5) is 35.1 Å². The van der Waals surface area contributed by atoms with Crippen molar-refractivity contribution in [1.82, 2.24) is 30.9 Å². The Kier molecular flexibility index (Phi) is 8.78. The predicted octanol–water partition coefficient (Wildman–Crippen LogP) is 5.50. The van der Waals surface area contributed by atoms with Crippen LogP contribution in [0.3, 0.4) is 0 Å². The van der Waals surface area contributed by atoms with Crippen LogP contribution in [0, 0.1) is 18.7 Å². The number of imidazole rings is 1. The molecule has 4 rings (SSSR count). The number of aryl methyl sites for hydroxylation is 1. The van der Waals surface area contributed by atoms with Gasteiger partial charge in [-0.2, -0.15) is 13.2 Å². The predicted molar refractivity (Wildman–Crippen MR) is 129 cm³/mol. The smallest absolute Gasteiger partial charge is 0.344 e. The average Bonchev–Trinajstić information content (AvgIpc) is 3.52. The van der Waals surface area contributed by atoms with Gasteiger partial charge in [0.1, 0.15) is 23.1 Å². The van der Waals surface area contributed by atoms with E-state index in [0.29, 0.717) is 6.92 Å². The van der Waals surface area contributed by atoms with E-state index in [1.54, 1.807) is 5.32 Å². The van der Waals surface area contributed by atoms with Gasteiger partial charge < -0.3 is 15.6 Å². The Bertz CT molecular complexity index is 1430. The van der Waals surface area contributed by atoms with Gasteiger partial charge in [-0.3, -0.25) is 9.59 Å². The summed E-state index contributed by atoms with van der Waals surface area (Å²) < 4.78 is 114. The molecule has 2 heterocycles. The van der Waals surface area contributed by atoms with Gasteiger partial charge in [-0.1, -0.05) is 11.2 Å². The molecule has 1 aromatic carbocycles. The van der Waals surface area contributed by atoms with Crippen LogP contribution in [0.5, 0.6) is 0 Å². The maximum absolute atomic E-state index is 15.7. The number of carbonyl (C=O) groups excluding carboxylic acids is 2. The highest BCUT2D eigenvalue weighted by Gasteiger charge is 2.41. The first-order chi connectivity index (χ1) is 19.6. The summed E-state index contributed by atoms with van der Waals surface area (Å²) in [5.41, 5.74) is -1.09. The van der Waals surface area contributed by atoms with Crippen LogP contribution < -0.4 is 10.6 Å². The molecule has 2 aromatic heterocycles. The molecular weight excluding hydrogens is 584 g/mol. The molecule has 3 aromatic rings. The summed E-state index contributed by atoms with van der Waals surface area (Å²) in [6.45, 7) is 2.06. The highest BCUT2D eigenvalue weighted by Crippen LogP contribution is 2.41. The third kappa shape index (κ3) is 6.81. The van der Waals surface area contributed by atoms with Crippen molar-refractivity contribution >= 4 is 22.8 Å². The third-order valence-electron chi connectivity index (χ3n) is 7.28. The molecule has 42 heavy (non-hydrogen) atoms. The molecule has 9 nitrogen and oxygen atoms in total. The number of rotatable bonds is 9. The third-order valence-corrected chi connectivity index (χ3v) is 7.28. The molecule has 0 aliphatic heterocycles. The largest absolute Gasteiger partial charge is 0.408 e. The normalized spacial score (nSPS) is 18.2. The van der Waals surface area contributed by atoms with E-state index in [4.69, 9.17) is 0 Å². The van der Waals surface area contributed by atoms with Crippen molar-refractivity contribution in [2.45, 2.75) is 82.5 Å². The molecule has 0 spiro atoms. The van der Waals surface area contributed by atoms with E-state index in [9.17, 15) is 40.3 Å². The standard InChI is InChI=1S/C25H26F8N6O3/c1-10-18(39-42-38-10)23(41)37-19(12-5-7-24(29,30)8-6-12)21-35-15-4-3-13(17(28)20(15)36-21)14(9-16(26)27)22(40)34-11(2)25(31,32)33/h3-4,11-12,14,16,19H,5-9H2,1-2H3,(H,34,40)(H,35,36)(H,37,41)/t11-,14?,19+/m1/s1. The van der Waals surface area contributed by atoms with Crippen LogP contribution >= 0.6 is 0 Å². The van der Waals surface area contributed by atoms with E-state index in [1.165, 1.54) is 13.0 Å². The molecule has 2 amide bonds. The summed E-state index contributed by atoms with van der Waals surface area (Å²) in [5.74, 6) is -9.01. The quantitative estimate of drug-likeness (QED) is 0.275. The zero-order valence-electron chi connectivity index (χ0n) is 22.2. The Morgan fingerprint density at radius 1 is 1.14 bits per heavy atom. The van der Waals surface area contributed by atoms with Gasteiger partial charge in [-0.25, -0.2) is 31.6 Å². The van der Waals surface area contributed by atoms with Crippen molar-refractivity contribution in [2.24, 2.45) is 5.92 Å². The second-order valence-electron chi connectivity index (χ2n) is 10.3. The highest BCUT2D eigenvalue weighted by molar-refractivity contribution is 5.93.